The van der Waals surface area contributed by atoms with Gasteiger partial charge in [0.15, 0.2) is 0 Å². The summed E-state index contributed by atoms with van der Waals surface area (Å²) >= 11 is 0. The number of rotatable bonds is 3. The van der Waals surface area contributed by atoms with E-state index in [2.05, 4.69) is 5.32 Å². The molecule has 1 aromatic carbocycles. The van der Waals surface area contributed by atoms with E-state index in [9.17, 15) is 9.59 Å². The maximum atomic E-state index is 12.1. The molecule has 0 aromatic heterocycles. The van der Waals surface area contributed by atoms with Crippen molar-refractivity contribution < 1.29 is 14.3 Å². The number of carbonyl (C=O) groups is 2. The first kappa shape index (κ1) is 14.4. The van der Waals surface area contributed by atoms with Crippen LogP contribution in [0.25, 0.3) is 0 Å². The Morgan fingerprint density at radius 3 is 2.80 bits per heavy atom. The quantitative estimate of drug-likeness (QED) is 0.856. The van der Waals surface area contributed by atoms with Gasteiger partial charge in [-0.05, 0) is 18.4 Å². The molecule has 1 aliphatic heterocycles. The van der Waals surface area contributed by atoms with Gasteiger partial charge in [-0.25, -0.2) is 4.79 Å². The molecule has 0 spiro atoms. The van der Waals surface area contributed by atoms with Gasteiger partial charge in [-0.1, -0.05) is 30.3 Å². The molecule has 2 rings (SSSR count). The van der Waals surface area contributed by atoms with Crippen LogP contribution in [0.3, 0.4) is 0 Å². The van der Waals surface area contributed by atoms with E-state index in [0.29, 0.717) is 19.6 Å². The maximum absolute atomic E-state index is 12.1. The summed E-state index contributed by atoms with van der Waals surface area (Å²) in [6.45, 7) is 1.63. The fourth-order valence-electron chi connectivity index (χ4n) is 2.41. The lowest BCUT2D eigenvalue weighted by Gasteiger charge is -2.31. The van der Waals surface area contributed by atoms with E-state index in [1.165, 1.54) is 7.11 Å². The van der Waals surface area contributed by atoms with E-state index in [1.54, 1.807) is 4.90 Å². The van der Waals surface area contributed by atoms with Gasteiger partial charge >= 0.3 is 12.0 Å². The minimum Gasteiger partial charge on any atom is -0.469 e. The number of esters is 1. The number of piperidine rings is 1. The third-order valence-electron chi connectivity index (χ3n) is 3.53. The van der Waals surface area contributed by atoms with Crippen molar-refractivity contribution in [1.82, 2.24) is 10.2 Å². The molecule has 20 heavy (non-hydrogen) atoms. The number of nitrogens with zero attached hydrogens (tertiary/aromatic N) is 1. The minimum absolute atomic E-state index is 0.123. The predicted molar refractivity (Wildman–Crippen MR) is 75.0 cm³/mol. The Kier molecular flexibility index (Phi) is 4.98. The zero-order valence-electron chi connectivity index (χ0n) is 11.7. The second kappa shape index (κ2) is 6.93. The Morgan fingerprint density at radius 1 is 1.35 bits per heavy atom. The molecule has 1 fully saturated rings. The summed E-state index contributed by atoms with van der Waals surface area (Å²) < 4.78 is 4.75. The number of nitrogens with one attached hydrogen (secondary N) is 1. The fourth-order valence-corrected chi connectivity index (χ4v) is 2.41. The summed E-state index contributed by atoms with van der Waals surface area (Å²) in [4.78, 5) is 25.3. The zero-order valence-corrected chi connectivity index (χ0v) is 11.7. The second-order valence-electron chi connectivity index (χ2n) is 4.95. The number of benzene rings is 1. The van der Waals surface area contributed by atoms with Gasteiger partial charge in [-0.2, -0.15) is 0 Å². The highest BCUT2D eigenvalue weighted by Gasteiger charge is 2.28. The predicted octanol–water partition coefficient (Wildman–Crippen LogP) is 1.78. The minimum atomic E-state index is -0.231. The van der Waals surface area contributed by atoms with Crippen molar-refractivity contribution in [3.63, 3.8) is 0 Å². The van der Waals surface area contributed by atoms with Gasteiger partial charge in [-0.3, -0.25) is 4.79 Å². The Hall–Kier alpha value is -2.04. The summed E-state index contributed by atoms with van der Waals surface area (Å²) in [5.74, 6) is -0.429. The van der Waals surface area contributed by atoms with Crippen molar-refractivity contribution in [2.24, 2.45) is 5.92 Å². The molecule has 5 heteroatoms. The molecule has 108 valence electrons. The van der Waals surface area contributed by atoms with Crippen LogP contribution in [0.1, 0.15) is 18.4 Å². The highest BCUT2D eigenvalue weighted by molar-refractivity contribution is 5.77. The molecule has 0 saturated carbocycles. The van der Waals surface area contributed by atoms with Gasteiger partial charge in [0.25, 0.3) is 0 Å². The number of urea groups is 1. The molecule has 0 radical (unpaired) electrons. The highest BCUT2D eigenvalue weighted by atomic mass is 16.5. The van der Waals surface area contributed by atoms with Crippen molar-refractivity contribution >= 4 is 12.0 Å². The molecule has 0 bridgehead atoms. The Labute approximate surface area is 118 Å². The van der Waals surface area contributed by atoms with E-state index in [1.807, 2.05) is 30.3 Å². The van der Waals surface area contributed by atoms with E-state index in [0.717, 1.165) is 18.4 Å². The lowest BCUT2D eigenvalue weighted by molar-refractivity contribution is -0.146. The van der Waals surface area contributed by atoms with Crippen molar-refractivity contribution in [1.29, 1.82) is 0 Å². The summed E-state index contributed by atoms with van der Waals surface area (Å²) in [5, 5.41) is 2.88. The second-order valence-corrected chi connectivity index (χ2v) is 4.95. The first-order valence-corrected chi connectivity index (χ1v) is 6.85. The maximum Gasteiger partial charge on any atom is 0.317 e. The van der Waals surface area contributed by atoms with Gasteiger partial charge in [0.1, 0.15) is 0 Å². The molecule has 1 heterocycles. The standard InChI is InChI=1S/C15H20N2O3/c1-20-14(18)13-8-5-9-17(11-13)15(19)16-10-12-6-3-2-4-7-12/h2-4,6-7,13H,5,8-11H2,1H3,(H,16,19)/t13-/m0/s1. The molecule has 1 N–H and O–H groups in total. The van der Waals surface area contributed by atoms with Crippen molar-refractivity contribution in [3.8, 4) is 0 Å². The molecule has 1 saturated heterocycles. The van der Waals surface area contributed by atoms with Crippen LogP contribution in [0.5, 0.6) is 0 Å². The smallest absolute Gasteiger partial charge is 0.317 e. The Balaban J connectivity index is 1.84. The van der Waals surface area contributed by atoms with Crippen molar-refractivity contribution in [2.75, 3.05) is 20.2 Å². The number of hydrogen-bond acceptors (Lipinski definition) is 3. The van der Waals surface area contributed by atoms with Crippen LogP contribution in [-0.2, 0) is 16.1 Å². The van der Waals surface area contributed by atoms with Gasteiger partial charge in [0.05, 0.1) is 13.0 Å². The molecule has 5 nitrogen and oxygen atoms in total. The SMILES string of the molecule is COC(=O)[C@H]1CCCN(C(=O)NCc2ccccc2)C1. The monoisotopic (exact) mass is 276 g/mol. The third-order valence-corrected chi connectivity index (χ3v) is 3.53. The summed E-state index contributed by atoms with van der Waals surface area (Å²) in [6.07, 6.45) is 1.62. The van der Waals surface area contributed by atoms with Gasteiger partial charge in [0.2, 0.25) is 0 Å². The largest absolute Gasteiger partial charge is 0.469 e. The van der Waals surface area contributed by atoms with Crippen molar-refractivity contribution in [3.05, 3.63) is 35.9 Å². The van der Waals surface area contributed by atoms with Crippen LogP contribution >= 0.6 is 0 Å². The van der Waals surface area contributed by atoms with Gasteiger partial charge in [0, 0.05) is 19.6 Å². The lowest BCUT2D eigenvalue weighted by Crippen LogP contribution is -2.47. The number of carbonyl (C=O) groups excluding carboxylic acids is 2. The number of methoxy groups -OCH3 is 1. The van der Waals surface area contributed by atoms with E-state index in [-0.39, 0.29) is 17.9 Å². The van der Waals surface area contributed by atoms with Crippen LogP contribution in [0.15, 0.2) is 30.3 Å². The molecule has 1 aromatic rings. The molecular weight excluding hydrogens is 256 g/mol. The zero-order chi connectivity index (χ0) is 14.4. The van der Waals surface area contributed by atoms with Gasteiger partial charge in [-0.15, -0.1) is 0 Å². The number of ether oxygens (including phenoxy) is 1. The normalized spacial score (nSPS) is 18.4. The van der Waals surface area contributed by atoms with E-state index >= 15 is 0 Å². The van der Waals surface area contributed by atoms with Crippen molar-refractivity contribution in [2.45, 2.75) is 19.4 Å². The van der Waals surface area contributed by atoms with Crippen LogP contribution < -0.4 is 5.32 Å². The first-order valence-electron chi connectivity index (χ1n) is 6.85. The lowest BCUT2D eigenvalue weighted by atomic mass is 9.98. The highest BCUT2D eigenvalue weighted by Crippen LogP contribution is 2.17. The Bertz CT molecular complexity index is 461. The van der Waals surface area contributed by atoms with Crippen LogP contribution in [0, 0.1) is 5.92 Å². The third kappa shape index (κ3) is 3.73. The Morgan fingerprint density at radius 2 is 2.10 bits per heavy atom. The number of likely N-dealkylation sites (tertiary alicyclic amines) is 1. The summed E-state index contributed by atoms with van der Waals surface area (Å²) in [6, 6.07) is 9.63. The van der Waals surface area contributed by atoms with E-state index in [4.69, 9.17) is 4.74 Å². The van der Waals surface area contributed by atoms with E-state index < -0.39 is 0 Å². The summed E-state index contributed by atoms with van der Waals surface area (Å²) in [5.41, 5.74) is 1.06. The summed E-state index contributed by atoms with van der Waals surface area (Å²) in [7, 11) is 1.39. The molecule has 1 atom stereocenters. The molecule has 0 unspecified atom stereocenters. The number of hydrogen-bond donors (Lipinski definition) is 1. The molecule has 0 aliphatic carbocycles. The first-order chi connectivity index (χ1) is 9.70. The van der Waals surface area contributed by atoms with Crippen LogP contribution in [0.4, 0.5) is 4.79 Å². The topological polar surface area (TPSA) is 58.6 Å². The average molecular weight is 276 g/mol. The van der Waals surface area contributed by atoms with Crippen LogP contribution in [-0.4, -0.2) is 37.1 Å². The van der Waals surface area contributed by atoms with Gasteiger partial charge < -0.3 is 15.0 Å². The number of amides is 2. The molecular formula is C15H20N2O3. The molecule has 2 amide bonds. The fraction of sp³-hybridized carbons (Fsp3) is 0.467. The van der Waals surface area contributed by atoms with Crippen LogP contribution in [0.2, 0.25) is 0 Å². The average Bonchev–Trinajstić information content (AvgIpc) is 2.53. The molecule has 1 aliphatic rings.